The van der Waals surface area contributed by atoms with Crippen molar-refractivity contribution >= 4 is 60.1 Å². The van der Waals surface area contributed by atoms with E-state index >= 15 is 0 Å². The fraction of sp³-hybridized carbons (Fsp3) is 0. The van der Waals surface area contributed by atoms with Gasteiger partial charge in [-0.15, -0.1) is 0 Å². The molecule has 172 valence electrons. The summed E-state index contributed by atoms with van der Waals surface area (Å²) in [6.45, 7) is 0. The Balaban J connectivity index is 1.61. The van der Waals surface area contributed by atoms with Gasteiger partial charge in [-0.05, 0) is 60.2 Å². The lowest BCUT2D eigenvalue weighted by atomic mass is 10.1. The summed E-state index contributed by atoms with van der Waals surface area (Å²) in [4.78, 5) is 12.6. The summed E-state index contributed by atoms with van der Waals surface area (Å²) in [6.07, 6.45) is 2.70. The first-order chi connectivity index (χ1) is 16.2. The molecule has 0 aromatic heterocycles. The molecule has 0 unspecified atom stereocenters. The number of amides is 1. The zero-order valence-corrected chi connectivity index (χ0v) is 20.0. The van der Waals surface area contributed by atoms with Crippen molar-refractivity contribution in [3.63, 3.8) is 0 Å². The van der Waals surface area contributed by atoms with E-state index in [9.17, 15) is 23.4 Å². The summed E-state index contributed by atoms with van der Waals surface area (Å²) in [7, 11) is -3.89. The Morgan fingerprint density at radius 1 is 0.853 bits per heavy atom. The Bertz CT molecular complexity index is 1500. The average molecular weight is 539 g/mol. The van der Waals surface area contributed by atoms with Crippen LogP contribution in [0.4, 0.5) is 11.4 Å². The van der Waals surface area contributed by atoms with Crippen LogP contribution >= 0.6 is 15.9 Å². The second-order valence-electron chi connectivity index (χ2n) is 7.37. The summed E-state index contributed by atoms with van der Waals surface area (Å²) >= 11 is 3.32. The summed E-state index contributed by atoms with van der Waals surface area (Å²) in [5.41, 5.74) is 1.30. The molecule has 0 fully saturated rings. The standard InChI is InChI=1S/C25H19BrN2O5S/c26-17-8-10-18(11-9-17)28-34(32,33)24-6-2-3-21-22(24)4-1-5-23(21)27-25(31)12-7-16-13-19(29)15-20(30)14-16/h1-15,28-30H,(H,27,31)/b12-7+. The normalized spacial score (nSPS) is 11.6. The highest BCUT2D eigenvalue weighted by Crippen LogP contribution is 2.30. The number of sulfonamides is 1. The fourth-order valence-corrected chi connectivity index (χ4v) is 4.96. The molecule has 1 amide bonds. The predicted molar refractivity (Wildman–Crippen MR) is 136 cm³/mol. The highest BCUT2D eigenvalue weighted by molar-refractivity contribution is 9.10. The average Bonchev–Trinajstić information content (AvgIpc) is 2.78. The molecule has 0 atom stereocenters. The number of phenols is 2. The number of rotatable bonds is 6. The first-order valence-corrected chi connectivity index (χ1v) is 12.3. The minimum atomic E-state index is -3.89. The molecule has 34 heavy (non-hydrogen) atoms. The second-order valence-corrected chi connectivity index (χ2v) is 9.94. The third-order valence-electron chi connectivity index (χ3n) is 4.88. The van der Waals surface area contributed by atoms with Crippen LogP contribution in [0.15, 0.2) is 94.3 Å². The number of hydrogen-bond donors (Lipinski definition) is 4. The third-order valence-corrected chi connectivity index (χ3v) is 6.85. The van der Waals surface area contributed by atoms with Crippen molar-refractivity contribution in [2.45, 2.75) is 4.90 Å². The van der Waals surface area contributed by atoms with Crippen molar-refractivity contribution < 1.29 is 23.4 Å². The number of nitrogens with one attached hydrogen (secondary N) is 2. The van der Waals surface area contributed by atoms with Gasteiger partial charge in [0.1, 0.15) is 11.5 Å². The molecule has 0 radical (unpaired) electrons. The summed E-state index contributed by atoms with van der Waals surface area (Å²) in [5, 5.41) is 22.9. The van der Waals surface area contributed by atoms with Gasteiger partial charge in [0.2, 0.25) is 5.91 Å². The van der Waals surface area contributed by atoms with Crippen molar-refractivity contribution in [3.05, 3.63) is 95.0 Å². The van der Waals surface area contributed by atoms with Crippen molar-refractivity contribution in [1.82, 2.24) is 0 Å². The van der Waals surface area contributed by atoms with E-state index in [-0.39, 0.29) is 16.4 Å². The van der Waals surface area contributed by atoms with Gasteiger partial charge in [-0.2, -0.15) is 0 Å². The number of carbonyl (C=O) groups is 1. The van der Waals surface area contributed by atoms with E-state index in [1.165, 1.54) is 36.4 Å². The van der Waals surface area contributed by atoms with E-state index in [1.54, 1.807) is 54.6 Å². The van der Waals surface area contributed by atoms with Gasteiger partial charge in [-0.25, -0.2) is 8.42 Å². The Morgan fingerprint density at radius 3 is 2.21 bits per heavy atom. The monoisotopic (exact) mass is 538 g/mol. The molecule has 4 rings (SSSR count). The summed E-state index contributed by atoms with van der Waals surface area (Å²) in [5.74, 6) is -0.712. The van der Waals surface area contributed by atoms with Crippen LogP contribution in [-0.2, 0) is 14.8 Å². The number of phenolic OH excluding ortho intramolecular Hbond substituents is 2. The van der Waals surface area contributed by atoms with Gasteiger partial charge in [0.25, 0.3) is 10.0 Å². The van der Waals surface area contributed by atoms with Gasteiger partial charge in [-0.3, -0.25) is 9.52 Å². The summed E-state index contributed by atoms with van der Waals surface area (Å²) < 4.78 is 29.6. The van der Waals surface area contributed by atoms with Crippen molar-refractivity contribution in [2.24, 2.45) is 0 Å². The number of anilines is 2. The van der Waals surface area contributed by atoms with Gasteiger partial charge in [0.05, 0.1) is 4.90 Å². The Kier molecular flexibility index (Phi) is 6.58. The molecule has 0 aliphatic rings. The van der Waals surface area contributed by atoms with E-state index in [4.69, 9.17) is 0 Å². The number of carbonyl (C=O) groups excluding carboxylic acids is 1. The van der Waals surface area contributed by atoms with E-state index in [0.717, 1.165) is 4.47 Å². The lowest BCUT2D eigenvalue weighted by Crippen LogP contribution is -2.14. The maximum atomic E-state index is 13.1. The smallest absolute Gasteiger partial charge is 0.262 e. The van der Waals surface area contributed by atoms with E-state index in [0.29, 0.717) is 27.7 Å². The topological polar surface area (TPSA) is 116 Å². The molecule has 9 heteroatoms. The van der Waals surface area contributed by atoms with Crippen LogP contribution in [0.5, 0.6) is 11.5 Å². The number of fused-ring (bicyclic) bond motifs is 1. The van der Waals surface area contributed by atoms with Crippen LogP contribution in [-0.4, -0.2) is 24.5 Å². The van der Waals surface area contributed by atoms with Crippen LogP contribution in [0.2, 0.25) is 0 Å². The SMILES string of the molecule is O=C(/C=C/c1cc(O)cc(O)c1)Nc1cccc2c(S(=O)(=O)Nc3ccc(Br)cc3)cccc12. The van der Waals surface area contributed by atoms with E-state index in [1.807, 2.05) is 0 Å². The first-order valence-electron chi connectivity index (χ1n) is 10.0. The van der Waals surface area contributed by atoms with Gasteiger partial charge < -0.3 is 15.5 Å². The van der Waals surface area contributed by atoms with E-state index in [2.05, 4.69) is 26.0 Å². The van der Waals surface area contributed by atoms with Crippen LogP contribution < -0.4 is 10.0 Å². The fourth-order valence-electron chi connectivity index (χ4n) is 3.41. The van der Waals surface area contributed by atoms with Crippen LogP contribution in [0.25, 0.3) is 16.8 Å². The van der Waals surface area contributed by atoms with Crippen molar-refractivity contribution in [2.75, 3.05) is 10.0 Å². The zero-order valence-electron chi connectivity index (χ0n) is 17.6. The molecule has 0 bridgehead atoms. The molecule has 0 aliphatic heterocycles. The Labute approximate surface area is 204 Å². The molecule has 4 aromatic carbocycles. The predicted octanol–water partition coefficient (Wildman–Crippen LogP) is 5.47. The minimum Gasteiger partial charge on any atom is -0.508 e. The molecular weight excluding hydrogens is 520 g/mol. The molecule has 0 aliphatic carbocycles. The number of hydrogen-bond acceptors (Lipinski definition) is 5. The molecular formula is C25H19BrN2O5S. The molecule has 0 spiro atoms. The Hall–Kier alpha value is -3.82. The van der Waals surface area contributed by atoms with Crippen LogP contribution in [0.1, 0.15) is 5.56 Å². The van der Waals surface area contributed by atoms with Gasteiger partial charge in [0.15, 0.2) is 0 Å². The largest absolute Gasteiger partial charge is 0.508 e. The highest BCUT2D eigenvalue weighted by atomic mass is 79.9. The maximum Gasteiger partial charge on any atom is 0.262 e. The first kappa shape index (κ1) is 23.3. The minimum absolute atomic E-state index is 0.0785. The quantitative estimate of drug-likeness (QED) is 0.243. The highest BCUT2D eigenvalue weighted by Gasteiger charge is 2.18. The molecule has 4 N–H and O–H groups in total. The third kappa shape index (κ3) is 5.38. The maximum absolute atomic E-state index is 13.1. The molecule has 0 saturated heterocycles. The molecule has 7 nitrogen and oxygen atoms in total. The Morgan fingerprint density at radius 2 is 1.50 bits per heavy atom. The van der Waals surface area contributed by atoms with Gasteiger partial charge in [-0.1, -0.05) is 40.2 Å². The number of aromatic hydroxyl groups is 2. The van der Waals surface area contributed by atoms with Crippen molar-refractivity contribution in [3.8, 4) is 11.5 Å². The summed E-state index contributed by atoms with van der Waals surface area (Å²) in [6, 6.07) is 20.6. The number of benzene rings is 4. The lowest BCUT2D eigenvalue weighted by molar-refractivity contribution is -0.111. The lowest BCUT2D eigenvalue weighted by Gasteiger charge is -2.13. The zero-order chi connectivity index (χ0) is 24.3. The van der Waals surface area contributed by atoms with Crippen molar-refractivity contribution in [1.29, 1.82) is 0 Å². The van der Waals surface area contributed by atoms with Gasteiger partial charge >= 0.3 is 0 Å². The van der Waals surface area contributed by atoms with Crippen LogP contribution in [0, 0.1) is 0 Å². The second kappa shape index (κ2) is 9.58. The van der Waals surface area contributed by atoms with E-state index < -0.39 is 15.9 Å². The molecule has 4 aromatic rings. The van der Waals surface area contributed by atoms with Gasteiger partial charge in [0, 0.05) is 38.8 Å². The van der Waals surface area contributed by atoms with Crippen LogP contribution in [0.3, 0.4) is 0 Å². The molecule has 0 saturated carbocycles. The molecule has 0 heterocycles. The number of halogens is 1.